The minimum absolute atomic E-state index is 0.153. The Morgan fingerprint density at radius 2 is 2.07 bits per heavy atom. The summed E-state index contributed by atoms with van der Waals surface area (Å²) in [5.74, 6) is 0. The van der Waals surface area contributed by atoms with Gasteiger partial charge in [-0.1, -0.05) is 12.8 Å². The van der Waals surface area contributed by atoms with Crippen molar-refractivity contribution in [2.24, 2.45) is 0 Å². The van der Waals surface area contributed by atoms with Gasteiger partial charge in [0, 0.05) is 31.4 Å². The zero-order valence-electron chi connectivity index (χ0n) is 16.8. The number of hydroxylamine groups is 1. The van der Waals surface area contributed by atoms with Crippen LogP contribution in [0.1, 0.15) is 56.7 Å². The molecule has 1 aliphatic carbocycles. The van der Waals surface area contributed by atoms with Crippen molar-refractivity contribution in [3.05, 3.63) is 23.5 Å². The first kappa shape index (κ1) is 17.9. The van der Waals surface area contributed by atoms with E-state index in [4.69, 9.17) is 14.6 Å². The number of aromatic nitrogens is 3. The van der Waals surface area contributed by atoms with E-state index >= 15 is 0 Å². The minimum Gasteiger partial charge on any atom is -0.381 e. The van der Waals surface area contributed by atoms with E-state index in [1.807, 2.05) is 10.9 Å². The molecular weight excluding hydrogens is 354 g/mol. The third-order valence-corrected chi connectivity index (χ3v) is 6.33. The smallest absolute Gasteiger partial charge is 0.160 e. The number of aryl methyl sites for hydroxylation is 2. The van der Waals surface area contributed by atoms with Gasteiger partial charge < -0.3 is 10.1 Å². The Hall–Kier alpha value is -2.12. The first-order valence-electron chi connectivity index (χ1n) is 10.6. The number of anilines is 1. The molecule has 1 saturated heterocycles. The SMILES string of the molecule is CCn1ncc2c(NC3CCOCC3)c(C3=CC4(CCCC4)ON3)c(C)nc21. The Balaban J connectivity index is 1.62. The van der Waals surface area contributed by atoms with E-state index < -0.39 is 0 Å². The zero-order valence-corrected chi connectivity index (χ0v) is 16.8. The number of pyridine rings is 1. The Bertz CT molecular complexity index is 907. The predicted molar refractivity (Wildman–Crippen MR) is 109 cm³/mol. The summed E-state index contributed by atoms with van der Waals surface area (Å²) in [5, 5.41) is 9.46. The van der Waals surface area contributed by atoms with Crippen molar-refractivity contribution >= 4 is 22.4 Å². The molecule has 2 aliphatic heterocycles. The first-order valence-corrected chi connectivity index (χ1v) is 10.6. The van der Waals surface area contributed by atoms with Crippen molar-refractivity contribution in [3.63, 3.8) is 0 Å². The van der Waals surface area contributed by atoms with E-state index in [0.29, 0.717) is 6.04 Å². The van der Waals surface area contributed by atoms with Crippen LogP contribution >= 0.6 is 0 Å². The Morgan fingerprint density at radius 3 is 2.82 bits per heavy atom. The fourth-order valence-electron chi connectivity index (χ4n) is 4.78. The van der Waals surface area contributed by atoms with Crippen molar-refractivity contribution in [3.8, 4) is 0 Å². The van der Waals surface area contributed by atoms with Crippen molar-refractivity contribution in [1.29, 1.82) is 0 Å². The van der Waals surface area contributed by atoms with Gasteiger partial charge >= 0.3 is 0 Å². The molecule has 3 aliphatic rings. The lowest BCUT2D eigenvalue weighted by molar-refractivity contribution is -0.0289. The molecule has 7 nitrogen and oxygen atoms in total. The Labute approximate surface area is 165 Å². The lowest BCUT2D eigenvalue weighted by Crippen LogP contribution is -2.29. The summed E-state index contributed by atoms with van der Waals surface area (Å²) in [7, 11) is 0. The molecule has 0 unspecified atom stereocenters. The third kappa shape index (κ3) is 2.97. The van der Waals surface area contributed by atoms with Gasteiger partial charge in [-0.3, -0.25) is 10.3 Å². The normalized spacial score (nSPS) is 22.0. The Morgan fingerprint density at radius 1 is 1.29 bits per heavy atom. The van der Waals surface area contributed by atoms with Crippen LogP contribution < -0.4 is 10.8 Å². The topological polar surface area (TPSA) is 73.2 Å². The summed E-state index contributed by atoms with van der Waals surface area (Å²) < 4.78 is 7.52. The fraction of sp³-hybridized carbons (Fsp3) is 0.619. The molecule has 0 aromatic carbocycles. The third-order valence-electron chi connectivity index (χ3n) is 6.33. The highest BCUT2D eigenvalue weighted by molar-refractivity contribution is 5.97. The standard InChI is InChI=1S/C21H29N5O2/c1-3-26-20-16(13-22-26)19(24-15-6-10-27-11-7-15)18(14(2)23-20)17-12-21(28-25-17)8-4-5-9-21/h12-13,15,25H,3-11H2,1-2H3,(H,23,24). The van der Waals surface area contributed by atoms with Crippen LogP contribution in [0, 0.1) is 6.92 Å². The number of rotatable bonds is 4. The Kier molecular flexibility index (Phi) is 4.51. The van der Waals surface area contributed by atoms with E-state index in [0.717, 1.165) is 79.1 Å². The van der Waals surface area contributed by atoms with Gasteiger partial charge in [0.25, 0.3) is 0 Å². The molecule has 5 rings (SSSR count). The molecule has 28 heavy (non-hydrogen) atoms. The number of fused-ring (bicyclic) bond motifs is 1. The molecule has 150 valence electrons. The van der Waals surface area contributed by atoms with E-state index in [-0.39, 0.29) is 5.60 Å². The average Bonchev–Trinajstić information content (AvgIpc) is 3.43. The highest BCUT2D eigenvalue weighted by atomic mass is 16.7. The van der Waals surface area contributed by atoms with Crippen LogP contribution in [0.15, 0.2) is 12.3 Å². The molecule has 2 N–H and O–H groups in total. The van der Waals surface area contributed by atoms with Crippen molar-refractivity contribution in [1.82, 2.24) is 20.2 Å². The molecule has 0 atom stereocenters. The predicted octanol–water partition coefficient (Wildman–Crippen LogP) is 3.54. The second-order valence-electron chi connectivity index (χ2n) is 8.21. The van der Waals surface area contributed by atoms with Crippen LogP contribution in [-0.2, 0) is 16.1 Å². The molecule has 7 heteroatoms. The lowest BCUT2D eigenvalue weighted by atomic mass is 9.97. The molecule has 2 aromatic heterocycles. The number of nitrogens with one attached hydrogen (secondary N) is 2. The zero-order chi connectivity index (χ0) is 19.1. The number of ether oxygens (including phenoxy) is 1. The van der Waals surface area contributed by atoms with Crippen LogP contribution in [-0.4, -0.2) is 39.6 Å². The highest BCUT2D eigenvalue weighted by Crippen LogP contribution is 2.42. The molecule has 0 radical (unpaired) electrons. The largest absolute Gasteiger partial charge is 0.381 e. The minimum atomic E-state index is -0.153. The molecular formula is C21H29N5O2. The van der Waals surface area contributed by atoms with Gasteiger partial charge in [-0.15, -0.1) is 0 Å². The van der Waals surface area contributed by atoms with Gasteiger partial charge in [0.15, 0.2) is 5.65 Å². The summed E-state index contributed by atoms with van der Waals surface area (Å²) >= 11 is 0. The number of hydrogen-bond acceptors (Lipinski definition) is 6. The van der Waals surface area contributed by atoms with Gasteiger partial charge in [0.05, 0.1) is 28.7 Å². The average molecular weight is 383 g/mol. The maximum absolute atomic E-state index is 6.07. The van der Waals surface area contributed by atoms with Crippen molar-refractivity contribution in [2.45, 2.75) is 70.6 Å². The molecule has 2 aromatic rings. The van der Waals surface area contributed by atoms with Gasteiger partial charge in [0.1, 0.15) is 5.60 Å². The van der Waals surface area contributed by atoms with Gasteiger partial charge in [-0.2, -0.15) is 5.10 Å². The van der Waals surface area contributed by atoms with Gasteiger partial charge in [0.2, 0.25) is 0 Å². The lowest BCUT2D eigenvalue weighted by Gasteiger charge is -2.26. The van der Waals surface area contributed by atoms with Crippen molar-refractivity contribution < 1.29 is 9.57 Å². The van der Waals surface area contributed by atoms with E-state index in [2.05, 4.69) is 35.8 Å². The molecule has 0 amide bonds. The van der Waals surface area contributed by atoms with Crippen LogP contribution in [0.2, 0.25) is 0 Å². The monoisotopic (exact) mass is 383 g/mol. The van der Waals surface area contributed by atoms with Crippen LogP contribution in [0.5, 0.6) is 0 Å². The molecule has 2 fully saturated rings. The number of nitrogens with zero attached hydrogens (tertiary/aromatic N) is 3. The van der Waals surface area contributed by atoms with E-state index in [1.54, 1.807) is 0 Å². The fourth-order valence-corrected chi connectivity index (χ4v) is 4.78. The quantitative estimate of drug-likeness (QED) is 0.841. The number of hydrogen-bond donors (Lipinski definition) is 2. The van der Waals surface area contributed by atoms with E-state index in [9.17, 15) is 0 Å². The summed E-state index contributed by atoms with van der Waals surface area (Å²) in [6.07, 6.45) is 10.8. The van der Waals surface area contributed by atoms with Gasteiger partial charge in [-0.25, -0.2) is 9.67 Å². The van der Waals surface area contributed by atoms with Gasteiger partial charge in [-0.05, 0) is 45.6 Å². The molecule has 0 bridgehead atoms. The molecule has 4 heterocycles. The highest BCUT2D eigenvalue weighted by Gasteiger charge is 2.39. The summed E-state index contributed by atoms with van der Waals surface area (Å²) in [6, 6.07) is 0.394. The maximum Gasteiger partial charge on any atom is 0.160 e. The van der Waals surface area contributed by atoms with Crippen molar-refractivity contribution in [2.75, 3.05) is 18.5 Å². The van der Waals surface area contributed by atoms with Crippen LogP contribution in [0.3, 0.4) is 0 Å². The summed E-state index contributed by atoms with van der Waals surface area (Å²) in [4.78, 5) is 11.0. The van der Waals surface area contributed by atoms with E-state index in [1.165, 1.54) is 12.8 Å². The second-order valence-corrected chi connectivity index (χ2v) is 8.21. The van der Waals surface area contributed by atoms with Crippen LogP contribution in [0.4, 0.5) is 5.69 Å². The second kappa shape index (κ2) is 7.04. The first-order chi connectivity index (χ1) is 13.7. The molecule has 1 spiro atoms. The molecule has 1 saturated carbocycles. The summed E-state index contributed by atoms with van der Waals surface area (Å²) in [6.45, 7) is 6.60. The van der Waals surface area contributed by atoms with Crippen LogP contribution in [0.25, 0.3) is 16.7 Å². The summed E-state index contributed by atoms with van der Waals surface area (Å²) in [5.41, 5.74) is 8.28. The maximum atomic E-state index is 6.07.